The van der Waals surface area contributed by atoms with Crippen LogP contribution in [0.2, 0.25) is 0 Å². The van der Waals surface area contributed by atoms with Gasteiger partial charge >= 0.3 is 0 Å². The van der Waals surface area contributed by atoms with E-state index in [1.165, 1.54) is 5.69 Å². The first kappa shape index (κ1) is 13.5. The lowest BCUT2D eigenvalue weighted by Gasteiger charge is -2.07. The Hall–Kier alpha value is -1.50. The number of thiazole rings is 1. The van der Waals surface area contributed by atoms with Crippen LogP contribution in [0.4, 0.5) is 0 Å². The van der Waals surface area contributed by atoms with Crippen LogP contribution in [0.3, 0.4) is 0 Å². The summed E-state index contributed by atoms with van der Waals surface area (Å²) in [5.74, 6) is 0.868. The number of hydrogen-bond donors (Lipinski definition) is 1. The van der Waals surface area contributed by atoms with Crippen molar-refractivity contribution in [3.8, 4) is 5.75 Å². The van der Waals surface area contributed by atoms with Crippen molar-refractivity contribution in [3.05, 3.63) is 41.5 Å². The van der Waals surface area contributed by atoms with Gasteiger partial charge in [-0.3, -0.25) is 4.40 Å². The first-order chi connectivity index (χ1) is 9.83. The van der Waals surface area contributed by atoms with Gasteiger partial charge in [-0.25, -0.2) is 4.98 Å². The topological polar surface area (TPSA) is 52.5 Å². The molecule has 0 fully saturated rings. The molecule has 2 aromatic heterocycles. The minimum Gasteiger partial charge on any atom is -0.496 e. The minimum absolute atomic E-state index is 0.614. The van der Waals surface area contributed by atoms with Crippen molar-refractivity contribution >= 4 is 28.1 Å². The van der Waals surface area contributed by atoms with Crippen LogP contribution in [0.5, 0.6) is 5.75 Å². The molecule has 0 saturated carbocycles. The maximum atomic E-state index is 5.73. The molecule has 6 heteroatoms. The van der Waals surface area contributed by atoms with E-state index in [9.17, 15) is 0 Å². The number of rotatable bonds is 5. The molecule has 3 aromatic rings. The molecule has 0 saturated heterocycles. The molecule has 0 aliphatic heterocycles. The largest absolute Gasteiger partial charge is 0.496 e. The second-order valence-electron chi connectivity index (χ2n) is 4.21. The van der Waals surface area contributed by atoms with E-state index in [1.54, 1.807) is 30.2 Å². The lowest BCUT2D eigenvalue weighted by molar-refractivity contribution is 0.405. The molecule has 0 spiro atoms. The van der Waals surface area contributed by atoms with Crippen LogP contribution < -0.4 is 10.5 Å². The Bertz CT molecular complexity index is 720. The smallest absolute Gasteiger partial charge is 0.194 e. The molecule has 4 nitrogen and oxygen atoms in total. The molecule has 0 aliphatic rings. The van der Waals surface area contributed by atoms with Gasteiger partial charge in [-0.05, 0) is 18.7 Å². The molecule has 104 valence electrons. The number of fused-ring (bicyclic) bond motifs is 1. The van der Waals surface area contributed by atoms with Gasteiger partial charge in [0, 0.05) is 18.0 Å². The zero-order chi connectivity index (χ0) is 13.9. The van der Waals surface area contributed by atoms with Gasteiger partial charge in [0.15, 0.2) is 4.96 Å². The third-order valence-corrected chi connectivity index (χ3v) is 4.82. The fraction of sp³-hybridized carbons (Fsp3) is 0.214. The van der Waals surface area contributed by atoms with Gasteiger partial charge < -0.3 is 10.5 Å². The van der Waals surface area contributed by atoms with Crippen LogP contribution in [0.1, 0.15) is 5.69 Å². The standard InChI is InChI=1S/C14H15N3OS2/c1-18-11-4-2-3-5-12(11)20-13-10(6-7-15)17-8-9-19-14(17)16-13/h2-5,8-9H,6-7,15H2,1H3. The summed E-state index contributed by atoms with van der Waals surface area (Å²) >= 11 is 3.27. The van der Waals surface area contributed by atoms with E-state index in [-0.39, 0.29) is 0 Å². The summed E-state index contributed by atoms with van der Waals surface area (Å²) in [4.78, 5) is 6.77. The summed E-state index contributed by atoms with van der Waals surface area (Å²) in [6, 6.07) is 7.98. The number of imidazole rings is 1. The fourth-order valence-corrected chi connectivity index (χ4v) is 3.91. The molecule has 3 rings (SSSR count). The number of methoxy groups -OCH3 is 1. The van der Waals surface area contributed by atoms with E-state index in [4.69, 9.17) is 15.5 Å². The van der Waals surface area contributed by atoms with Crippen molar-refractivity contribution < 1.29 is 4.74 Å². The highest BCUT2D eigenvalue weighted by atomic mass is 32.2. The van der Waals surface area contributed by atoms with Crippen molar-refractivity contribution in [2.45, 2.75) is 16.3 Å². The molecule has 0 unspecified atom stereocenters. The average molecular weight is 305 g/mol. The number of ether oxygens (including phenoxy) is 1. The maximum absolute atomic E-state index is 5.73. The lowest BCUT2D eigenvalue weighted by atomic mass is 10.3. The van der Waals surface area contributed by atoms with Gasteiger partial charge in [-0.2, -0.15) is 0 Å². The Kier molecular flexibility index (Phi) is 3.95. The van der Waals surface area contributed by atoms with E-state index in [0.717, 1.165) is 27.1 Å². The number of benzene rings is 1. The van der Waals surface area contributed by atoms with Gasteiger partial charge in [0.2, 0.25) is 0 Å². The van der Waals surface area contributed by atoms with Gasteiger partial charge in [0.1, 0.15) is 10.8 Å². The summed E-state index contributed by atoms with van der Waals surface area (Å²) in [6.07, 6.45) is 2.86. The third kappa shape index (κ3) is 2.42. The van der Waals surface area contributed by atoms with Crippen molar-refractivity contribution in [1.82, 2.24) is 9.38 Å². The first-order valence-electron chi connectivity index (χ1n) is 6.29. The molecule has 0 aliphatic carbocycles. The molecule has 0 radical (unpaired) electrons. The van der Waals surface area contributed by atoms with Crippen LogP contribution >= 0.6 is 23.1 Å². The van der Waals surface area contributed by atoms with Crippen LogP contribution in [0.15, 0.2) is 45.8 Å². The Labute approximate surface area is 125 Å². The van der Waals surface area contributed by atoms with Gasteiger partial charge in [-0.1, -0.05) is 23.9 Å². The SMILES string of the molecule is COc1ccccc1Sc1nc2sccn2c1CCN. The molecule has 0 atom stereocenters. The highest BCUT2D eigenvalue weighted by Crippen LogP contribution is 2.36. The zero-order valence-corrected chi connectivity index (χ0v) is 12.7. The van der Waals surface area contributed by atoms with Crippen molar-refractivity contribution in [1.29, 1.82) is 0 Å². The molecule has 0 amide bonds. The Morgan fingerprint density at radius 3 is 3.05 bits per heavy atom. The van der Waals surface area contributed by atoms with Crippen LogP contribution in [0.25, 0.3) is 4.96 Å². The lowest BCUT2D eigenvalue weighted by Crippen LogP contribution is -2.05. The maximum Gasteiger partial charge on any atom is 0.194 e. The third-order valence-electron chi connectivity index (χ3n) is 2.98. The number of aromatic nitrogens is 2. The van der Waals surface area contributed by atoms with Gasteiger partial charge in [-0.15, -0.1) is 11.3 Å². The van der Waals surface area contributed by atoms with Crippen molar-refractivity contribution in [3.63, 3.8) is 0 Å². The van der Waals surface area contributed by atoms with E-state index in [2.05, 4.69) is 4.40 Å². The van der Waals surface area contributed by atoms with Crippen LogP contribution in [-0.4, -0.2) is 23.0 Å². The number of para-hydroxylation sites is 1. The minimum atomic E-state index is 0.614. The number of nitrogens with two attached hydrogens (primary N) is 1. The predicted octanol–water partition coefficient (Wildman–Crippen LogP) is 3.06. The summed E-state index contributed by atoms with van der Waals surface area (Å²) in [5.41, 5.74) is 6.89. The fourth-order valence-electron chi connectivity index (χ4n) is 2.07. The van der Waals surface area contributed by atoms with E-state index in [1.807, 2.05) is 35.8 Å². The molecule has 2 N–H and O–H groups in total. The van der Waals surface area contributed by atoms with E-state index < -0.39 is 0 Å². The molecule has 2 heterocycles. The second kappa shape index (κ2) is 5.87. The highest BCUT2D eigenvalue weighted by molar-refractivity contribution is 7.99. The van der Waals surface area contributed by atoms with Crippen LogP contribution in [-0.2, 0) is 6.42 Å². The first-order valence-corrected chi connectivity index (χ1v) is 7.98. The number of hydrogen-bond acceptors (Lipinski definition) is 5. The summed E-state index contributed by atoms with van der Waals surface area (Å²) < 4.78 is 7.52. The molecule has 20 heavy (non-hydrogen) atoms. The quantitative estimate of drug-likeness (QED) is 0.787. The summed E-state index contributed by atoms with van der Waals surface area (Å²) in [6.45, 7) is 0.614. The molecular weight excluding hydrogens is 290 g/mol. The summed E-state index contributed by atoms with van der Waals surface area (Å²) in [5, 5.41) is 3.05. The Morgan fingerprint density at radius 1 is 1.40 bits per heavy atom. The van der Waals surface area contributed by atoms with E-state index in [0.29, 0.717) is 6.54 Å². The molecular formula is C14H15N3OS2. The number of nitrogens with zero attached hydrogens (tertiary/aromatic N) is 2. The normalized spacial score (nSPS) is 11.1. The molecule has 1 aromatic carbocycles. The average Bonchev–Trinajstić information content (AvgIpc) is 3.03. The van der Waals surface area contributed by atoms with Crippen molar-refractivity contribution in [2.24, 2.45) is 5.73 Å². The second-order valence-corrected chi connectivity index (χ2v) is 6.11. The molecule has 0 bridgehead atoms. The van der Waals surface area contributed by atoms with Gasteiger partial charge in [0.25, 0.3) is 0 Å². The predicted molar refractivity (Wildman–Crippen MR) is 82.9 cm³/mol. The highest BCUT2D eigenvalue weighted by Gasteiger charge is 2.15. The van der Waals surface area contributed by atoms with Gasteiger partial charge in [0.05, 0.1) is 17.7 Å². The van der Waals surface area contributed by atoms with Crippen molar-refractivity contribution in [2.75, 3.05) is 13.7 Å². The zero-order valence-electron chi connectivity index (χ0n) is 11.1. The monoisotopic (exact) mass is 305 g/mol. The Morgan fingerprint density at radius 2 is 2.25 bits per heavy atom. The van der Waals surface area contributed by atoms with E-state index >= 15 is 0 Å². The Balaban J connectivity index is 2.01. The summed E-state index contributed by atoms with van der Waals surface area (Å²) in [7, 11) is 1.69. The van der Waals surface area contributed by atoms with Crippen LogP contribution in [0, 0.1) is 0 Å².